The molecule has 1 rings (SSSR count). The summed E-state index contributed by atoms with van der Waals surface area (Å²) in [5, 5.41) is 3.04. The fourth-order valence-corrected chi connectivity index (χ4v) is 1.64. The third-order valence-corrected chi connectivity index (χ3v) is 2.85. The minimum atomic E-state index is -4.04. The molecule has 0 spiro atoms. The van der Waals surface area contributed by atoms with Crippen LogP contribution in [-0.2, 0) is 6.54 Å². The molecule has 0 aliphatic heterocycles. The standard InChI is InChI=1S/C13H18F3N/c1-10-5-3-6-12(11(10)2)9-17-8-4-7-13(14,15)16/h3,5-6,17H,4,7-9H2,1-2H3. The number of nitrogens with one attached hydrogen (secondary N) is 1. The van der Waals surface area contributed by atoms with Crippen LogP contribution in [0.2, 0.25) is 0 Å². The molecule has 0 saturated carbocycles. The molecule has 1 aromatic rings. The van der Waals surface area contributed by atoms with Gasteiger partial charge in [-0.2, -0.15) is 13.2 Å². The molecule has 0 aliphatic carbocycles. The van der Waals surface area contributed by atoms with E-state index in [-0.39, 0.29) is 6.42 Å². The second kappa shape index (κ2) is 6.05. The van der Waals surface area contributed by atoms with Crippen LogP contribution in [0.4, 0.5) is 13.2 Å². The molecule has 0 heterocycles. The highest BCUT2D eigenvalue weighted by molar-refractivity contribution is 5.32. The average molecular weight is 245 g/mol. The monoisotopic (exact) mass is 245 g/mol. The summed E-state index contributed by atoms with van der Waals surface area (Å²) in [5.74, 6) is 0. The van der Waals surface area contributed by atoms with Gasteiger partial charge in [0.1, 0.15) is 0 Å². The Balaban J connectivity index is 2.29. The van der Waals surface area contributed by atoms with Gasteiger partial charge in [-0.1, -0.05) is 18.2 Å². The van der Waals surface area contributed by atoms with Crippen molar-refractivity contribution < 1.29 is 13.2 Å². The lowest BCUT2D eigenvalue weighted by molar-refractivity contribution is -0.135. The number of hydrogen-bond acceptors (Lipinski definition) is 1. The van der Waals surface area contributed by atoms with Crippen molar-refractivity contribution in [2.75, 3.05) is 6.54 Å². The van der Waals surface area contributed by atoms with Crippen LogP contribution >= 0.6 is 0 Å². The Morgan fingerprint density at radius 3 is 2.53 bits per heavy atom. The number of benzene rings is 1. The molecule has 0 saturated heterocycles. The SMILES string of the molecule is Cc1cccc(CNCCCC(F)(F)F)c1C. The first kappa shape index (κ1) is 14.0. The lowest BCUT2D eigenvalue weighted by Crippen LogP contribution is -2.18. The molecule has 0 fully saturated rings. The number of halogens is 3. The Labute approximate surface area is 100 Å². The minimum Gasteiger partial charge on any atom is -0.313 e. The fraction of sp³-hybridized carbons (Fsp3) is 0.538. The van der Waals surface area contributed by atoms with Crippen molar-refractivity contribution >= 4 is 0 Å². The van der Waals surface area contributed by atoms with E-state index in [0.717, 1.165) is 5.56 Å². The van der Waals surface area contributed by atoms with E-state index < -0.39 is 12.6 Å². The van der Waals surface area contributed by atoms with Crippen molar-refractivity contribution in [1.82, 2.24) is 5.32 Å². The molecular formula is C13H18F3N. The van der Waals surface area contributed by atoms with E-state index in [2.05, 4.69) is 5.32 Å². The van der Waals surface area contributed by atoms with Gasteiger partial charge in [-0.3, -0.25) is 0 Å². The van der Waals surface area contributed by atoms with E-state index in [1.54, 1.807) is 0 Å². The Hall–Kier alpha value is -1.03. The second-order valence-electron chi connectivity index (χ2n) is 4.25. The third-order valence-electron chi connectivity index (χ3n) is 2.85. The Bertz CT molecular complexity index is 358. The summed E-state index contributed by atoms with van der Waals surface area (Å²) in [7, 11) is 0. The summed E-state index contributed by atoms with van der Waals surface area (Å²) in [6.07, 6.45) is -4.62. The highest BCUT2D eigenvalue weighted by Gasteiger charge is 2.25. The Morgan fingerprint density at radius 2 is 1.88 bits per heavy atom. The summed E-state index contributed by atoms with van der Waals surface area (Å²) in [5.41, 5.74) is 3.56. The zero-order chi connectivity index (χ0) is 12.9. The maximum absolute atomic E-state index is 11.9. The lowest BCUT2D eigenvalue weighted by atomic mass is 10.0. The first-order chi connectivity index (χ1) is 7.90. The summed E-state index contributed by atoms with van der Waals surface area (Å²) >= 11 is 0. The van der Waals surface area contributed by atoms with Gasteiger partial charge in [0.25, 0.3) is 0 Å². The Morgan fingerprint density at radius 1 is 1.18 bits per heavy atom. The second-order valence-corrected chi connectivity index (χ2v) is 4.25. The number of aryl methyl sites for hydroxylation is 1. The molecule has 17 heavy (non-hydrogen) atoms. The van der Waals surface area contributed by atoms with Crippen molar-refractivity contribution in [1.29, 1.82) is 0 Å². The zero-order valence-corrected chi connectivity index (χ0v) is 10.2. The van der Waals surface area contributed by atoms with Crippen LogP contribution in [0.15, 0.2) is 18.2 Å². The molecule has 1 N–H and O–H groups in total. The van der Waals surface area contributed by atoms with Crippen molar-refractivity contribution in [3.8, 4) is 0 Å². The van der Waals surface area contributed by atoms with E-state index in [1.165, 1.54) is 11.1 Å². The molecule has 0 aromatic heterocycles. The van der Waals surface area contributed by atoms with E-state index >= 15 is 0 Å². The van der Waals surface area contributed by atoms with Crippen molar-refractivity contribution in [3.63, 3.8) is 0 Å². The summed E-state index contributed by atoms with van der Waals surface area (Å²) in [6.45, 7) is 5.09. The highest BCUT2D eigenvalue weighted by atomic mass is 19.4. The van der Waals surface area contributed by atoms with Gasteiger partial charge < -0.3 is 5.32 Å². The van der Waals surface area contributed by atoms with Crippen LogP contribution in [0.25, 0.3) is 0 Å². The van der Waals surface area contributed by atoms with Gasteiger partial charge in [0.15, 0.2) is 0 Å². The van der Waals surface area contributed by atoms with Gasteiger partial charge in [0.2, 0.25) is 0 Å². The van der Waals surface area contributed by atoms with Crippen LogP contribution in [0, 0.1) is 13.8 Å². The van der Waals surface area contributed by atoms with Gasteiger partial charge in [0, 0.05) is 13.0 Å². The molecule has 1 aromatic carbocycles. The van der Waals surface area contributed by atoms with Crippen LogP contribution in [-0.4, -0.2) is 12.7 Å². The van der Waals surface area contributed by atoms with Crippen LogP contribution in [0.3, 0.4) is 0 Å². The average Bonchev–Trinajstić information content (AvgIpc) is 2.22. The van der Waals surface area contributed by atoms with Gasteiger partial charge in [-0.25, -0.2) is 0 Å². The first-order valence-corrected chi connectivity index (χ1v) is 5.73. The first-order valence-electron chi connectivity index (χ1n) is 5.73. The quantitative estimate of drug-likeness (QED) is 0.779. The van der Waals surface area contributed by atoms with Gasteiger partial charge in [-0.05, 0) is 43.5 Å². The van der Waals surface area contributed by atoms with E-state index in [4.69, 9.17) is 0 Å². The van der Waals surface area contributed by atoms with Gasteiger partial charge >= 0.3 is 6.18 Å². The van der Waals surface area contributed by atoms with Crippen molar-refractivity contribution in [2.24, 2.45) is 0 Å². The molecule has 4 heteroatoms. The smallest absolute Gasteiger partial charge is 0.313 e. The molecule has 0 aliphatic rings. The number of hydrogen-bond donors (Lipinski definition) is 1. The van der Waals surface area contributed by atoms with Crippen LogP contribution < -0.4 is 5.32 Å². The Kier molecular flexibility index (Phi) is 5.00. The van der Waals surface area contributed by atoms with Crippen molar-refractivity contribution in [3.05, 3.63) is 34.9 Å². The molecule has 96 valence electrons. The van der Waals surface area contributed by atoms with E-state index in [1.807, 2.05) is 32.0 Å². The van der Waals surface area contributed by atoms with Gasteiger partial charge in [-0.15, -0.1) is 0 Å². The van der Waals surface area contributed by atoms with E-state index in [0.29, 0.717) is 13.1 Å². The predicted octanol–water partition coefficient (Wildman–Crippen LogP) is 3.74. The largest absolute Gasteiger partial charge is 0.389 e. The summed E-state index contributed by atoms with van der Waals surface area (Å²) in [6, 6.07) is 6.00. The maximum Gasteiger partial charge on any atom is 0.389 e. The number of alkyl halides is 3. The molecule has 0 amide bonds. The maximum atomic E-state index is 11.9. The van der Waals surface area contributed by atoms with Gasteiger partial charge in [0.05, 0.1) is 0 Å². The molecule has 1 nitrogen and oxygen atoms in total. The van der Waals surface area contributed by atoms with Crippen LogP contribution in [0.1, 0.15) is 29.5 Å². The molecule has 0 unspecified atom stereocenters. The molecule has 0 radical (unpaired) electrons. The zero-order valence-electron chi connectivity index (χ0n) is 10.2. The van der Waals surface area contributed by atoms with E-state index in [9.17, 15) is 13.2 Å². The van der Waals surface area contributed by atoms with Crippen LogP contribution in [0.5, 0.6) is 0 Å². The highest BCUT2D eigenvalue weighted by Crippen LogP contribution is 2.20. The van der Waals surface area contributed by atoms with Crippen molar-refractivity contribution in [2.45, 2.75) is 39.4 Å². The summed E-state index contributed by atoms with van der Waals surface area (Å²) in [4.78, 5) is 0. The minimum absolute atomic E-state index is 0.133. The normalized spacial score (nSPS) is 11.8. The summed E-state index contributed by atoms with van der Waals surface area (Å²) < 4.78 is 35.7. The topological polar surface area (TPSA) is 12.0 Å². The number of rotatable bonds is 5. The fourth-order valence-electron chi connectivity index (χ4n) is 1.64. The molecule has 0 bridgehead atoms. The molecular weight excluding hydrogens is 227 g/mol. The third kappa shape index (κ3) is 5.22. The lowest BCUT2D eigenvalue weighted by Gasteiger charge is -2.10. The molecule has 0 atom stereocenters. The predicted molar refractivity (Wildman–Crippen MR) is 62.9 cm³/mol.